The maximum absolute atomic E-state index is 12.9. The van der Waals surface area contributed by atoms with Crippen LogP contribution in [-0.2, 0) is 13.0 Å². The van der Waals surface area contributed by atoms with Crippen molar-refractivity contribution in [1.82, 2.24) is 14.7 Å². The van der Waals surface area contributed by atoms with E-state index in [1.807, 2.05) is 36.6 Å². The van der Waals surface area contributed by atoms with Gasteiger partial charge in [-0.2, -0.15) is 0 Å². The lowest BCUT2D eigenvalue weighted by Gasteiger charge is -2.32. The highest BCUT2D eigenvalue weighted by Gasteiger charge is 2.18. The van der Waals surface area contributed by atoms with Crippen molar-refractivity contribution < 1.29 is 4.79 Å². The summed E-state index contributed by atoms with van der Waals surface area (Å²) in [4.78, 5) is 20.0. The minimum Gasteiger partial charge on any atom is -0.372 e. The number of nitrogens with zero attached hydrogens (tertiary/aromatic N) is 3. The predicted octanol–water partition coefficient (Wildman–Crippen LogP) is 4.37. The molecule has 3 heterocycles. The number of amides is 1. The van der Waals surface area contributed by atoms with E-state index in [4.69, 9.17) is 0 Å². The Bertz CT molecular complexity index is 998. The van der Waals surface area contributed by atoms with Gasteiger partial charge in [0.1, 0.15) is 11.3 Å². The molecule has 1 aliphatic heterocycles. The summed E-state index contributed by atoms with van der Waals surface area (Å²) >= 11 is 0. The number of piperidine rings is 1. The number of pyridine rings is 1. The van der Waals surface area contributed by atoms with Gasteiger partial charge in [0, 0.05) is 31.5 Å². The van der Waals surface area contributed by atoms with Gasteiger partial charge in [-0.3, -0.25) is 9.20 Å². The molecule has 0 spiro atoms. The van der Waals surface area contributed by atoms with Crippen LogP contribution in [0.4, 0.5) is 5.69 Å². The summed E-state index contributed by atoms with van der Waals surface area (Å²) in [6.45, 7) is 9.16. The average molecular weight is 391 g/mol. The van der Waals surface area contributed by atoms with Gasteiger partial charge in [-0.15, -0.1) is 0 Å². The lowest BCUT2D eigenvalue weighted by atomic mass is 9.99. The van der Waals surface area contributed by atoms with Gasteiger partial charge >= 0.3 is 0 Å². The van der Waals surface area contributed by atoms with Gasteiger partial charge in [-0.1, -0.05) is 32.0 Å². The molecule has 4 rings (SSSR count). The molecule has 2 aromatic heterocycles. The zero-order valence-electron chi connectivity index (χ0n) is 17.6. The number of hydrogen-bond acceptors (Lipinski definition) is 3. The fourth-order valence-corrected chi connectivity index (χ4v) is 4.04. The van der Waals surface area contributed by atoms with Crippen molar-refractivity contribution in [1.29, 1.82) is 0 Å². The predicted molar refractivity (Wildman–Crippen MR) is 118 cm³/mol. The average Bonchev–Trinajstić information content (AvgIpc) is 3.11. The van der Waals surface area contributed by atoms with Gasteiger partial charge in [0.05, 0.1) is 5.69 Å². The van der Waals surface area contributed by atoms with Gasteiger partial charge in [0.25, 0.3) is 5.91 Å². The molecule has 1 fully saturated rings. The molecular formula is C24H30N4O. The molecule has 152 valence electrons. The number of aromatic nitrogens is 2. The fraction of sp³-hybridized carbons (Fsp3) is 0.417. The first-order valence-electron chi connectivity index (χ1n) is 10.6. The molecule has 1 aliphatic rings. The lowest BCUT2D eigenvalue weighted by molar-refractivity contribution is 0.0944. The van der Waals surface area contributed by atoms with Crippen molar-refractivity contribution in [2.24, 2.45) is 5.92 Å². The summed E-state index contributed by atoms with van der Waals surface area (Å²) < 4.78 is 1.91. The fourth-order valence-electron chi connectivity index (χ4n) is 4.04. The number of imidazole rings is 1. The lowest BCUT2D eigenvalue weighted by Crippen LogP contribution is -2.32. The summed E-state index contributed by atoms with van der Waals surface area (Å²) in [5.41, 5.74) is 5.79. The van der Waals surface area contributed by atoms with Crippen LogP contribution in [0.3, 0.4) is 0 Å². The minimum absolute atomic E-state index is 0.0750. The van der Waals surface area contributed by atoms with E-state index >= 15 is 0 Å². The van der Waals surface area contributed by atoms with Crippen LogP contribution in [0.25, 0.3) is 5.65 Å². The summed E-state index contributed by atoms with van der Waals surface area (Å²) in [5.74, 6) is 0.756. The van der Waals surface area contributed by atoms with E-state index in [0.29, 0.717) is 12.2 Å². The van der Waals surface area contributed by atoms with Crippen LogP contribution in [-0.4, -0.2) is 28.4 Å². The first-order valence-corrected chi connectivity index (χ1v) is 10.6. The van der Waals surface area contributed by atoms with Crippen LogP contribution in [0.15, 0.2) is 42.6 Å². The number of fused-ring (bicyclic) bond motifs is 1. The topological polar surface area (TPSA) is 49.6 Å². The third-order valence-corrected chi connectivity index (χ3v) is 5.93. The number of benzene rings is 1. The summed E-state index contributed by atoms with van der Waals surface area (Å²) in [6.07, 6.45) is 5.23. The molecule has 0 radical (unpaired) electrons. The maximum Gasteiger partial charge on any atom is 0.270 e. The second-order valence-corrected chi connectivity index (χ2v) is 8.21. The van der Waals surface area contributed by atoms with Crippen molar-refractivity contribution in [3.05, 3.63) is 65.1 Å². The molecule has 0 unspecified atom stereocenters. The molecule has 5 nitrogen and oxygen atoms in total. The number of anilines is 1. The summed E-state index contributed by atoms with van der Waals surface area (Å²) in [6, 6.07) is 12.6. The standard InChI is InChI=1S/C24H30N4O/c1-4-21-23(28-16-18(3)5-10-22(28)26-21)24(29)25-15-19-6-8-20(9-7-19)27-13-11-17(2)12-14-27/h5-10,16-17H,4,11-15H2,1-3H3,(H,25,29). The Balaban J connectivity index is 1.45. The van der Waals surface area contributed by atoms with E-state index < -0.39 is 0 Å². The summed E-state index contributed by atoms with van der Waals surface area (Å²) in [5, 5.41) is 3.08. The highest BCUT2D eigenvalue weighted by atomic mass is 16.1. The zero-order chi connectivity index (χ0) is 20.4. The molecule has 0 aliphatic carbocycles. The van der Waals surface area contributed by atoms with Crippen molar-refractivity contribution in [3.63, 3.8) is 0 Å². The maximum atomic E-state index is 12.9. The number of carbonyl (C=O) groups excluding carboxylic acids is 1. The van der Waals surface area contributed by atoms with Gasteiger partial charge in [0.15, 0.2) is 0 Å². The Labute approximate surface area is 172 Å². The van der Waals surface area contributed by atoms with Crippen LogP contribution >= 0.6 is 0 Å². The second-order valence-electron chi connectivity index (χ2n) is 8.21. The number of rotatable bonds is 5. The molecule has 0 atom stereocenters. The van der Waals surface area contributed by atoms with Crippen LogP contribution < -0.4 is 10.2 Å². The third kappa shape index (κ3) is 4.14. The number of aryl methyl sites for hydroxylation is 2. The monoisotopic (exact) mass is 390 g/mol. The Hall–Kier alpha value is -2.82. The van der Waals surface area contributed by atoms with Gasteiger partial charge < -0.3 is 10.2 Å². The van der Waals surface area contributed by atoms with E-state index in [2.05, 4.69) is 46.4 Å². The van der Waals surface area contributed by atoms with Gasteiger partial charge in [-0.05, 0) is 61.4 Å². The molecule has 5 heteroatoms. The largest absolute Gasteiger partial charge is 0.372 e. The van der Waals surface area contributed by atoms with E-state index in [1.54, 1.807) is 0 Å². The first-order chi connectivity index (χ1) is 14.0. The Morgan fingerprint density at radius 1 is 1.14 bits per heavy atom. The molecule has 1 saturated heterocycles. The highest BCUT2D eigenvalue weighted by Crippen LogP contribution is 2.23. The molecule has 29 heavy (non-hydrogen) atoms. The van der Waals surface area contributed by atoms with Crippen LogP contribution in [0.5, 0.6) is 0 Å². The zero-order valence-corrected chi connectivity index (χ0v) is 17.6. The van der Waals surface area contributed by atoms with Crippen LogP contribution in [0.1, 0.15) is 54.0 Å². The Morgan fingerprint density at radius 2 is 1.86 bits per heavy atom. The third-order valence-electron chi connectivity index (χ3n) is 5.93. The van der Waals surface area contributed by atoms with Crippen molar-refractivity contribution in [2.45, 2.75) is 46.6 Å². The molecule has 1 aromatic carbocycles. The molecule has 3 aromatic rings. The number of nitrogens with one attached hydrogen (secondary N) is 1. The van der Waals surface area contributed by atoms with E-state index in [1.165, 1.54) is 18.5 Å². The highest BCUT2D eigenvalue weighted by molar-refractivity contribution is 5.94. The number of carbonyl (C=O) groups is 1. The molecule has 0 saturated carbocycles. The van der Waals surface area contributed by atoms with Crippen molar-refractivity contribution in [2.75, 3.05) is 18.0 Å². The minimum atomic E-state index is -0.0750. The molecular weight excluding hydrogens is 360 g/mol. The Kier molecular flexibility index (Phi) is 5.56. The van der Waals surface area contributed by atoms with Crippen LogP contribution in [0.2, 0.25) is 0 Å². The van der Waals surface area contributed by atoms with Crippen molar-refractivity contribution >= 4 is 17.2 Å². The van der Waals surface area contributed by atoms with Gasteiger partial charge in [0.2, 0.25) is 0 Å². The van der Waals surface area contributed by atoms with E-state index in [-0.39, 0.29) is 5.91 Å². The quantitative estimate of drug-likeness (QED) is 0.704. The number of hydrogen-bond donors (Lipinski definition) is 1. The Morgan fingerprint density at radius 3 is 2.55 bits per heavy atom. The van der Waals surface area contributed by atoms with Crippen molar-refractivity contribution in [3.8, 4) is 0 Å². The first kappa shape index (κ1) is 19.5. The summed E-state index contributed by atoms with van der Waals surface area (Å²) in [7, 11) is 0. The van der Waals surface area contributed by atoms with Crippen LogP contribution in [0, 0.1) is 12.8 Å². The smallest absolute Gasteiger partial charge is 0.270 e. The molecule has 0 bridgehead atoms. The SMILES string of the molecule is CCc1nc2ccc(C)cn2c1C(=O)NCc1ccc(N2CCC(C)CC2)cc1. The molecule has 1 N–H and O–H groups in total. The normalized spacial score (nSPS) is 15.1. The van der Waals surface area contributed by atoms with Gasteiger partial charge in [-0.25, -0.2) is 4.98 Å². The van der Waals surface area contributed by atoms with E-state index in [0.717, 1.165) is 47.9 Å². The second kappa shape index (κ2) is 8.27. The van der Waals surface area contributed by atoms with E-state index in [9.17, 15) is 4.79 Å². The molecule has 1 amide bonds.